The highest BCUT2D eigenvalue weighted by atomic mass is 16.5. The van der Waals surface area contributed by atoms with Crippen LogP contribution < -0.4 is 0 Å². The van der Waals surface area contributed by atoms with Crippen LogP contribution in [-0.2, 0) is 0 Å². The number of nitrogens with zero attached hydrogens (tertiary/aromatic N) is 1. The minimum atomic E-state index is -0.526. The summed E-state index contributed by atoms with van der Waals surface area (Å²) in [5, 5.41) is 31.0. The van der Waals surface area contributed by atoms with Crippen molar-refractivity contribution in [2.24, 2.45) is 0 Å². The summed E-state index contributed by atoms with van der Waals surface area (Å²) >= 11 is 0. The van der Waals surface area contributed by atoms with Gasteiger partial charge in [0.05, 0.1) is 17.7 Å². The van der Waals surface area contributed by atoms with Gasteiger partial charge in [0, 0.05) is 7.05 Å². The Bertz CT molecular complexity index is 283. The molecule has 3 N–H and O–H groups in total. The Kier molecular flexibility index (Phi) is 14.9. The summed E-state index contributed by atoms with van der Waals surface area (Å²) in [5.74, 6) is 0. The van der Waals surface area contributed by atoms with Gasteiger partial charge in [0.2, 0.25) is 0 Å². The van der Waals surface area contributed by atoms with E-state index in [-0.39, 0.29) is 0 Å². The Labute approximate surface area is 156 Å². The molecule has 0 amide bonds. The van der Waals surface area contributed by atoms with E-state index in [9.17, 15) is 15.4 Å². The van der Waals surface area contributed by atoms with Gasteiger partial charge in [-0.15, -0.1) is 0 Å². The molecule has 4 nitrogen and oxygen atoms in total. The van der Waals surface area contributed by atoms with E-state index in [4.69, 9.17) is 0 Å². The van der Waals surface area contributed by atoms with Crippen LogP contribution in [0.1, 0.15) is 111 Å². The molecule has 25 heavy (non-hydrogen) atoms. The molecule has 2 unspecified atom stereocenters. The van der Waals surface area contributed by atoms with Crippen molar-refractivity contribution in [2.75, 3.05) is 7.05 Å². The second-order valence-corrected chi connectivity index (χ2v) is 8.14. The third kappa shape index (κ3) is 12.8. The van der Waals surface area contributed by atoms with Crippen molar-refractivity contribution in [1.29, 1.82) is 0 Å². The van der Waals surface area contributed by atoms with Crippen LogP contribution in [0, 0.1) is 0 Å². The highest BCUT2D eigenvalue weighted by molar-refractivity contribution is 4.89. The average molecular weight is 360 g/mol. The van der Waals surface area contributed by atoms with Crippen molar-refractivity contribution in [3.63, 3.8) is 0 Å². The fourth-order valence-corrected chi connectivity index (χ4v) is 3.93. The van der Waals surface area contributed by atoms with Crippen LogP contribution in [0.4, 0.5) is 0 Å². The minimum Gasteiger partial charge on any atom is -0.393 e. The molecule has 0 heterocycles. The van der Waals surface area contributed by atoms with E-state index < -0.39 is 17.7 Å². The van der Waals surface area contributed by atoms with Crippen molar-refractivity contribution in [2.45, 2.75) is 128 Å². The van der Waals surface area contributed by atoms with Gasteiger partial charge in [-0.3, -0.25) is 0 Å². The monoisotopic (exact) mass is 359 g/mol. The lowest BCUT2D eigenvalue weighted by atomic mass is 9.81. The average Bonchev–Trinajstić information content (AvgIpc) is 2.51. The number of aliphatic hydroxyl groups excluding tert-OH is 2. The topological polar surface area (TPSA) is 63.9 Å². The van der Waals surface area contributed by atoms with Gasteiger partial charge in [0.15, 0.2) is 0 Å². The van der Waals surface area contributed by atoms with Crippen LogP contribution in [-0.4, -0.2) is 45.3 Å². The van der Waals surface area contributed by atoms with Crippen molar-refractivity contribution < 1.29 is 15.4 Å². The molecule has 0 rings (SSSR count). The number of rotatable bonds is 17. The molecule has 0 aromatic carbocycles. The van der Waals surface area contributed by atoms with Crippen LogP contribution in [0.3, 0.4) is 0 Å². The number of hydroxylamine groups is 2. The van der Waals surface area contributed by atoms with Crippen molar-refractivity contribution in [3.05, 3.63) is 0 Å². The lowest BCUT2D eigenvalue weighted by Crippen LogP contribution is -2.48. The molecule has 0 spiro atoms. The molecule has 0 saturated heterocycles. The standard InChI is InChI=1S/C21H45NO3/c1-5-6-7-8-9-10-11-12-13-14-15-16-21(22(4)25,17-19(2)23)18-20(3)24/h19-20,23-25H,5-18H2,1-4H3. The van der Waals surface area contributed by atoms with Crippen LogP contribution in [0.25, 0.3) is 0 Å². The zero-order valence-corrected chi connectivity index (χ0v) is 17.3. The fraction of sp³-hybridized carbons (Fsp3) is 1.00. The molecule has 0 aromatic heterocycles. The normalized spacial score (nSPS) is 16.8. The summed E-state index contributed by atoms with van der Waals surface area (Å²) in [6.07, 6.45) is 15.1. The molecular weight excluding hydrogens is 314 g/mol. The van der Waals surface area contributed by atoms with E-state index in [1.165, 1.54) is 62.9 Å². The van der Waals surface area contributed by atoms with Gasteiger partial charge >= 0.3 is 0 Å². The van der Waals surface area contributed by atoms with Gasteiger partial charge in [-0.25, -0.2) is 0 Å². The Hall–Kier alpha value is -0.160. The Morgan fingerprint density at radius 3 is 1.40 bits per heavy atom. The lowest BCUT2D eigenvalue weighted by molar-refractivity contribution is -0.177. The molecule has 0 aliphatic carbocycles. The largest absolute Gasteiger partial charge is 0.393 e. The van der Waals surface area contributed by atoms with E-state index in [0.29, 0.717) is 12.8 Å². The van der Waals surface area contributed by atoms with E-state index in [1.54, 1.807) is 20.9 Å². The van der Waals surface area contributed by atoms with Gasteiger partial charge in [0.1, 0.15) is 0 Å². The molecule has 152 valence electrons. The lowest BCUT2D eigenvalue weighted by Gasteiger charge is -2.40. The minimum absolute atomic E-state index is 0.485. The van der Waals surface area contributed by atoms with E-state index in [1.807, 2.05) is 0 Å². The first-order chi connectivity index (χ1) is 11.8. The van der Waals surface area contributed by atoms with Crippen molar-refractivity contribution in [3.8, 4) is 0 Å². The Morgan fingerprint density at radius 1 is 0.720 bits per heavy atom. The zero-order chi connectivity index (χ0) is 19.1. The Balaban J connectivity index is 3.98. The maximum atomic E-state index is 10.1. The summed E-state index contributed by atoms with van der Waals surface area (Å²) in [6.45, 7) is 5.76. The van der Waals surface area contributed by atoms with Crippen LogP contribution in [0.2, 0.25) is 0 Å². The SMILES string of the molecule is CCCCCCCCCCCCCC(CC(C)O)(CC(C)O)N(C)O. The summed E-state index contributed by atoms with van der Waals surface area (Å²) in [4.78, 5) is 0. The predicted molar refractivity (Wildman–Crippen MR) is 106 cm³/mol. The van der Waals surface area contributed by atoms with E-state index >= 15 is 0 Å². The van der Waals surface area contributed by atoms with E-state index in [2.05, 4.69) is 6.92 Å². The van der Waals surface area contributed by atoms with Crippen LogP contribution in [0.15, 0.2) is 0 Å². The molecule has 0 aromatic rings. The number of aliphatic hydroxyl groups is 2. The highest BCUT2D eigenvalue weighted by Crippen LogP contribution is 2.31. The molecule has 4 heteroatoms. The van der Waals surface area contributed by atoms with Crippen molar-refractivity contribution >= 4 is 0 Å². The first kappa shape index (κ1) is 24.8. The quantitative estimate of drug-likeness (QED) is 0.244. The summed E-state index contributed by atoms with van der Waals surface area (Å²) < 4.78 is 0. The fourth-order valence-electron chi connectivity index (χ4n) is 3.93. The molecule has 0 radical (unpaired) electrons. The summed E-state index contributed by atoms with van der Waals surface area (Å²) in [7, 11) is 1.64. The summed E-state index contributed by atoms with van der Waals surface area (Å²) in [5.41, 5.74) is -0.526. The van der Waals surface area contributed by atoms with Gasteiger partial charge in [0.25, 0.3) is 0 Å². The highest BCUT2D eigenvalue weighted by Gasteiger charge is 2.36. The van der Waals surface area contributed by atoms with Gasteiger partial charge < -0.3 is 15.4 Å². The first-order valence-electron chi connectivity index (χ1n) is 10.6. The second-order valence-electron chi connectivity index (χ2n) is 8.14. The Morgan fingerprint density at radius 2 is 1.08 bits per heavy atom. The zero-order valence-electron chi connectivity index (χ0n) is 17.3. The molecule has 0 fully saturated rings. The maximum Gasteiger partial charge on any atom is 0.0530 e. The molecule has 0 aliphatic heterocycles. The van der Waals surface area contributed by atoms with Crippen molar-refractivity contribution in [1.82, 2.24) is 5.06 Å². The maximum absolute atomic E-state index is 10.1. The summed E-state index contributed by atoms with van der Waals surface area (Å²) in [6, 6.07) is 0. The van der Waals surface area contributed by atoms with Crippen LogP contribution in [0.5, 0.6) is 0 Å². The predicted octanol–water partition coefficient (Wildman–Crippen LogP) is 5.29. The number of unbranched alkanes of at least 4 members (excludes halogenated alkanes) is 10. The van der Waals surface area contributed by atoms with Gasteiger partial charge in [-0.2, -0.15) is 5.06 Å². The van der Waals surface area contributed by atoms with Crippen LogP contribution >= 0.6 is 0 Å². The molecular formula is C21H45NO3. The third-order valence-corrected chi connectivity index (χ3v) is 5.28. The molecule has 0 saturated carbocycles. The molecule has 2 atom stereocenters. The van der Waals surface area contributed by atoms with E-state index in [0.717, 1.165) is 19.3 Å². The molecule has 0 aliphatic rings. The second kappa shape index (κ2) is 15.0. The number of hydrogen-bond acceptors (Lipinski definition) is 4. The smallest absolute Gasteiger partial charge is 0.0530 e. The third-order valence-electron chi connectivity index (χ3n) is 5.28. The molecule has 0 bridgehead atoms. The first-order valence-corrected chi connectivity index (χ1v) is 10.6. The van der Waals surface area contributed by atoms with Gasteiger partial charge in [-0.05, 0) is 33.1 Å². The number of hydrogen-bond donors (Lipinski definition) is 3. The van der Waals surface area contributed by atoms with Gasteiger partial charge in [-0.1, -0.05) is 77.6 Å².